The zero-order valence-corrected chi connectivity index (χ0v) is 13.0. The van der Waals surface area contributed by atoms with Gasteiger partial charge in [0.05, 0.1) is 5.69 Å². The molecule has 0 aliphatic carbocycles. The van der Waals surface area contributed by atoms with Crippen molar-refractivity contribution >= 4 is 24.2 Å². The Labute approximate surface area is 129 Å². The van der Waals surface area contributed by atoms with Crippen molar-refractivity contribution in [1.82, 2.24) is 9.78 Å². The molecule has 2 aromatic rings. The molecule has 3 nitrogen and oxygen atoms in total. The number of unbranched alkanes of at least 4 members (excludes halogenated alkanes) is 1. The van der Waals surface area contributed by atoms with Gasteiger partial charge in [0, 0.05) is 28.4 Å². The Morgan fingerprint density at radius 1 is 1.30 bits per heavy atom. The average molecular weight is 309 g/mol. The Kier molecular flexibility index (Phi) is 5.26. The Bertz CT molecular complexity index is 637. The van der Waals surface area contributed by atoms with Crippen LogP contribution in [-0.2, 0) is 12.3 Å². The summed E-state index contributed by atoms with van der Waals surface area (Å²) in [7, 11) is 0. The number of aromatic nitrogens is 2. The van der Waals surface area contributed by atoms with E-state index in [0.717, 1.165) is 24.1 Å². The highest BCUT2D eigenvalue weighted by atomic mass is 35.5. The minimum Gasteiger partial charge on any atom is -0.267 e. The highest BCUT2D eigenvalue weighted by molar-refractivity contribution is 7.79. The first-order chi connectivity index (χ1) is 9.65. The maximum atomic E-state index is 12.2. The quantitative estimate of drug-likeness (QED) is 0.853. The molecule has 0 bridgehead atoms. The first-order valence-corrected chi connectivity index (χ1v) is 7.64. The third-order valence-electron chi connectivity index (χ3n) is 3.08. The van der Waals surface area contributed by atoms with Crippen LogP contribution in [0.2, 0.25) is 5.02 Å². The van der Waals surface area contributed by atoms with Gasteiger partial charge in [0.15, 0.2) is 0 Å². The highest BCUT2D eigenvalue weighted by Crippen LogP contribution is 2.19. The fourth-order valence-corrected chi connectivity index (χ4v) is 2.28. The molecule has 0 spiro atoms. The molecule has 106 valence electrons. The van der Waals surface area contributed by atoms with Crippen molar-refractivity contribution in [2.24, 2.45) is 0 Å². The second-order valence-electron chi connectivity index (χ2n) is 4.60. The van der Waals surface area contributed by atoms with E-state index in [0.29, 0.717) is 22.9 Å². The second-order valence-corrected chi connectivity index (χ2v) is 5.35. The summed E-state index contributed by atoms with van der Waals surface area (Å²) >= 11 is 10.1. The van der Waals surface area contributed by atoms with Crippen molar-refractivity contribution in [3.63, 3.8) is 0 Å². The first kappa shape index (κ1) is 15.1. The predicted molar refractivity (Wildman–Crippen MR) is 86.5 cm³/mol. The predicted octanol–water partition coefficient (Wildman–Crippen LogP) is 3.79. The van der Waals surface area contributed by atoms with Gasteiger partial charge in [-0.25, -0.2) is 4.68 Å². The first-order valence-electron chi connectivity index (χ1n) is 6.63. The van der Waals surface area contributed by atoms with E-state index in [1.807, 2.05) is 24.3 Å². The minimum atomic E-state index is -0.0498. The van der Waals surface area contributed by atoms with Crippen LogP contribution in [-0.4, -0.2) is 9.78 Å². The number of benzene rings is 1. The molecule has 0 amide bonds. The smallest absolute Gasteiger partial charge is 0.267 e. The highest BCUT2D eigenvalue weighted by Gasteiger charge is 2.08. The van der Waals surface area contributed by atoms with Gasteiger partial charge in [0.25, 0.3) is 5.56 Å². The lowest BCUT2D eigenvalue weighted by molar-refractivity contribution is 0.542. The van der Waals surface area contributed by atoms with E-state index in [1.165, 1.54) is 0 Å². The summed E-state index contributed by atoms with van der Waals surface area (Å²) in [6, 6.07) is 9.26. The van der Waals surface area contributed by atoms with Crippen LogP contribution in [0.15, 0.2) is 35.1 Å². The van der Waals surface area contributed by atoms with E-state index in [-0.39, 0.29) is 5.56 Å². The monoisotopic (exact) mass is 308 g/mol. The molecule has 1 aromatic carbocycles. The van der Waals surface area contributed by atoms with E-state index in [1.54, 1.807) is 10.7 Å². The van der Waals surface area contributed by atoms with Crippen LogP contribution in [0.4, 0.5) is 0 Å². The van der Waals surface area contributed by atoms with Crippen molar-refractivity contribution in [2.75, 3.05) is 0 Å². The number of aryl methyl sites for hydroxylation is 1. The van der Waals surface area contributed by atoms with Gasteiger partial charge in [0.1, 0.15) is 0 Å². The standard InChI is InChI=1S/C15H17ClN2OS/c1-2-3-8-18-15(19)12(10-20)9-14(17-18)11-4-6-13(16)7-5-11/h4-7,9,20H,2-3,8,10H2,1H3. The Hall–Kier alpha value is -1.26. The molecule has 0 radical (unpaired) electrons. The molecule has 1 aromatic heterocycles. The molecule has 20 heavy (non-hydrogen) atoms. The normalized spacial score (nSPS) is 10.8. The molecular formula is C15H17ClN2OS. The Morgan fingerprint density at radius 3 is 2.60 bits per heavy atom. The van der Waals surface area contributed by atoms with Crippen LogP contribution in [0.25, 0.3) is 11.3 Å². The topological polar surface area (TPSA) is 34.9 Å². The van der Waals surface area contributed by atoms with Crippen LogP contribution < -0.4 is 5.56 Å². The number of halogens is 1. The third-order valence-corrected chi connectivity index (χ3v) is 3.67. The van der Waals surface area contributed by atoms with Crippen LogP contribution in [0.3, 0.4) is 0 Å². The summed E-state index contributed by atoms with van der Waals surface area (Å²) < 4.78 is 1.54. The van der Waals surface area contributed by atoms with Crippen LogP contribution >= 0.6 is 24.2 Å². The Balaban J connectivity index is 2.47. The summed E-state index contributed by atoms with van der Waals surface area (Å²) in [5.41, 5.74) is 2.35. The van der Waals surface area contributed by atoms with E-state index < -0.39 is 0 Å². The SMILES string of the molecule is CCCCn1nc(-c2ccc(Cl)cc2)cc(CS)c1=O. The van der Waals surface area contributed by atoms with E-state index in [2.05, 4.69) is 24.7 Å². The average Bonchev–Trinajstić information content (AvgIpc) is 2.47. The summed E-state index contributed by atoms with van der Waals surface area (Å²) in [6.45, 7) is 2.73. The zero-order chi connectivity index (χ0) is 14.5. The molecule has 0 aliphatic rings. The van der Waals surface area contributed by atoms with Gasteiger partial charge in [-0.1, -0.05) is 37.1 Å². The molecule has 0 aliphatic heterocycles. The van der Waals surface area contributed by atoms with Crippen molar-refractivity contribution < 1.29 is 0 Å². The molecular weight excluding hydrogens is 292 g/mol. The lowest BCUT2D eigenvalue weighted by Crippen LogP contribution is -2.26. The van der Waals surface area contributed by atoms with Crippen molar-refractivity contribution in [2.45, 2.75) is 32.1 Å². The molecule has 5 heteroatoms. The van der Waals surface area contributed by atoms with Gasteiger partial charge < -0.3 is 0 Å². The van der Waals surface area contributed by atoms with Gasteiger partial charge in [0.2, 0.25) is 0 Å². The van der Waals surface area contributed by atoms with E-state index >= 15 is 0 Å². The lowest BCUT2D eigenvalue weighted by atomic mass is 10.1. The lowest BCUT2D eigenvalue weighted by Gasteiger charge is -2.09. The van der Waals surface area contributed by atoms with Gasteiger partial charge in [-0.2, -0.15) is 17.7 Å². The molecule has 0 atom stereocenters. The van der Waals surface area contributed by atoms with Crippen molar-refractivity contribution in [1.29, 1.82) is 0 Å². The molecule has 0 unspecified atom stereocenters. The molecule has 0 saturated heterocycles. The maximum absolute atomic E-state index is 12.2. The van der Waals surface area contributed by atoms with Crippen molar-refractivity contribution in [3.8, 4) is 11.3 Å². The number of rotatable bonds is 5. The fourth-order valence-electron chi connectivity index (χ4n) is 1.93. The molecule has 0 N–H and O–H groups in total. The molecule has 2 rings (SSSR count). The number of thiol groups is 1. The third kappa shape index (κ3) is 3.44. The molecule has 0 fully saturated rings. The summed E-state index contributed by atoms with van der Waals surface area (Å²) in [4.78, 5) is 12.2. The number of hydrogen-bond acceptors (Lipinski definition) is 3. The van der Waals surface area contributed by atoms with E-state index in [4.69, 9.17) is 11.6 Å². The Morgan fingerprint density at radius 2 is 2.00 bits per heavy atom. The second kappa shape index (κ2) is 6.95. The van der Waals surface area contributed by atoms with Gasteiger partial charge in [-0.05, 0) is 24.6 Å². The molecule has 1 heterocycles. The summed E-state index contributed by atoms with van der Waals surface area (Å²) in [5, 5.41) is 5.13. The van der Waals surface area contributed by atoms with Gasteiger partial charge >= 0.3 is 0 Å². The maximum Gasteiger partial charge on any atom is 0.270 e. The number of hydrogen-bond donors (Lipinski definition) is 1. The number of nitrogens with zero attached hydrogens (tertiary/aromatic N) is 2. The fraction of sp³-hybridized carbons (Fsp3) is 0.333. The minimum absolute atomic E-state index is 0.0498. The van der Waals surface area contributed by atoms with E-state index in [9.17, 15) is 4.79 Å². The van der Waals surface area contributed by atoms with Crippen LogP contribution in [0.5, 0.6) is 0 Å². The van der Waals surface area contributed by atoms with Crippen LogP contribution in [0, 0.1) is 0 Å². The van der Waals surface area contributed by atoms with Crippen molar-refractivity contribution in [3.05, 3.63) is 51.3 Å². The van der Waals surface area contributed by atoms with Gasteiger partial charge in [-0.3, -0.25) is 4.79 Å². The molecule has 0 saturated carbocycles. The summed E-state index contributed by atoms with van der Waals surface area (Å²) in [6.07, 6.45) is 1.96. The zero-order valence-electron chi connectivity index (χ0n) is 11.3. The van der Waals surface area contributed by atoms with Gasteiger partial charge in [-0.15, -0.1) is 0 Å². The van der Waals surface area contributed by atoms with Crippen LogP contribution in [0.1, 0.15) is 25.3 Å². The largest absolute Gasteiger partial charge is 0.270 e. The summed E-state index contributed by atoms with van der Waals surface area (Å²) in [5.74, 6) is 0.411.